The second-order valence-electron chi connectivity index (χ2n) is 3.81. The molecule has 0 aliphatic heterocycles. The maximum Gasteiger partial charge on any atom is 0.263 e. The van der Waals surface area contributed by atoms with Crippen molar-refractivity contribution in [3.8, 4) is 0 Å². The van der Waals surface area contributed by atoms with E-state index < -0.39 is 12.0 Å². The van der Waals surface area contributed by atoms with E-state index in [1.807, 2.05) is 0 Å². The smallest absolute Gasteiger partial charge is 0.263 e. The molecule has 0 aromatic heterocycles. The molecule has 0 unspecified atom stereocenters. The average Bonchev–Trinajstić information content (AvgIpc) is 2.14. The van der Waals surface area contributed by atoms with Crippen LogP contribution >= 0.6 is 0 Å². The van der Waals surface area contributed by atoms with E-state index in [0.717, 1.165) is 6.42 Å². The molecule has 14 heavy (non-hydrogen) atoms. The number of alkyl halides is 2. The minimum Gasteiger partial charge on any atom is -0.385 e. The van der Waals surface area contributed by atoms with Crippen molar-refractivity contribution in [3.05, 3.63) is 35.4 Å². The van der Waals surface area contributed by atoms with Crippen molar-refractivity contribution in [2.45, 2.75) is 31.3 Å². The Labute approximate surface area is 81.4 Å². The van der Waals surface area contributed by atoms with Crippen LogP contribution in [0.1, 0.15) is 36.8 Å². The van der Waals surface area contributed by atoms with Crippen LogP contribution in [0.5, 0.6) is 0 Å². The molecule has 1 aromatic carbocycles. The number of rotatable bonds is 2. The van der Waals surface area contributed by atoms with Crippen molar-refractivity contribution in [1.29, 1.82) is 0 Å². The van der Waals surface area contributed by atoms with Gasteiger partial charge in [0.15, 0.2) is 0 Å². The van der Waals surface area contributed by atoms with Crippen LogP contribution in [0.15, 0.2) is 24.3 Å². The molecular weight excluding hydrogens is 186 g/mol. The third-order valence-electron chi connectivity index (χ3n) is 2.86. The summed E-state index contributed by atoms with van der Waals surface area (Å²) in [5.41, 5.74) is -0.227. The van der Waals surface area contributed by atoms with Crippen LogP contribution in [0.2, 0.25) is 0 Å². The number of benzene rings is 1. The van der Waals surface area contributed by atoms with Crippen molar-refractivity contribution < 1.29 is 13.9 Å². The van der Waals surface area contributed by atoms with Crippen molar-refractivity contribution in [2.75, 3.05) is 0 Å². The lowest BCUT2D eigenvalue weighted by Crippen LogP contribution is -2.33. The van der Waals surface area contributed by atoms with Crippen LogP contribution in [0.4, 0.5) is 8.78 Å². The van der Waals surface area contributed by atoms with Crippen molar-refractivity contribution >= 4 is 0 Å². The van der Waals surface area contributed by atoms with Gasteiger partial charge in [0.2, 0.25) is 0 Å². The summed E-state index contributed by atoms with van der Waals surface area (Å²) in [7, 11) is 0. The second kappa shape index (κ2) is 3.31. The molecule has 76 valence electrons. The van der Waals surface area contributed by atoms with Gasteiger partial charge in [0.25, 0.3) is 6.43 Å². The van der Waals surface area contributed by atoms with Gasteiger partial charge in [-0.1, -0.05) is 18.2 Å². The topological polar surface area (TPSA) is 20.2 Å². The fourth-order valence-corrected chi connectivity index (χ4v) is 1.76. The minimum atomic E-state index is -2.46. The predicted molar refractivity (Wildman–Crippen MR) is 49.1 cm³/mol. The summed E-state index contributed by atoms with van der Waals surface area (Å²) < 4.78 is 24.8. The fourth-order valence-electron chi connectivity index (χ4n) is 1.76. The third-order valence-corrected chi connectivity index (χ3v) is 2.86. The van der Waals surface area contributed by atoms with E-state index >= 15 is 0 Å². The minimum absolute atomic E-state index is 0.0113. The number of aliphatic hydroxyl groups is 1. The molecule has 3 heteroatoms. The van der Waals surface area contributed by atoms with Gasteiger partial charge in [-0.25, -0.2) is 8.78 Å². The van der Waals surface area contributed by atoms with Crippen LogP contribution in [0.3, 0.4) is 0 Å². The van der Waals surface area contributed by atoms with E-state index in [1.165, 1.54) is 12.1 Å². The summed E-state index contributed by atoms with van der Waals surface area (Å²) in [6, 6.07) is 6.08. The lowest BCUT2D eigenvalue weighted by molar-refractivity contribution is -0.0389. The lowest BCUT2D eigenvalue weighted by atomic mass is 9.75. The highest BCUT2D eigenvalue weighted by atomic mass is 19.3. The van der Waals surface area contributed by atoms with E-state index in [9.17, 15) is 13.9 Å². The van der Waals surface area contributed by atoms with Gasteiger partial charge in [-0.2, -0.15) is 0 Å². The molecule has 1 aromatic rings. The van der Waals surface area contributed by atoms with Crippen molar-refractivity contribution in [3.63, 3.8) is 0 Å². The Morgan fingerprint density at radius 2 is 2.00 bits per heavy atom. The van der Waals surface area contributed by atoms with Crippen LogP contribution < -0.4 is 0 Å². The quantitative estimate of drug-likeness (QED) is 0.774. The third kappa shape index (κ3) is 1.52. The summed E-state index contributed by atoms with van der Waals surface area (Å²) >= 11 is 0. The van der Waals surface area contributed by atoms with Gasteiger partial charge < -0.3 is 5.11 Å². The first-order valence-corrected chi connectivity index (χ1v) is 4.73. The van der Waals surface area contributed by atoms with Crippen molar-refractivity contribution in [2.24, 2.45) is 0 Å². The molecule has 1 N–H and O–H groups in total. The molecular formula is C11H12F2O. The Kier molecular flexibility index (Phi) is 2.27. The van der Waals surface area contributed by atoms with Gasteiger partial charge in [-0.3, -0.25) is 0 Å². The molecule has 1 aliphatic rings. The number of hydrogen-bond acceptors (Lipinski definition) is 1. The first-order valence-electron chi connectivity index (χ1n) is 4.73. The first-order chi connectivity index (χ1) is 6.62. The van der Waals surface area contributed by atoms with Gasteiger partial charge in [0.05, 0.1) is 5.60 Å². The lowest BCUT2D eigenvalue weighted by Gasteiger charge is -2.37. The Balaban J connectivity index is 2.30. The zero-order chi connectivity index (χ0) is 10.2. The first kappa shape index (κ1) is 9.59. The standard InChI is InChI=1S/C11H12F2O/c12-10(13)8-3-1-4-9(7-8)11(14)5-2-6-11/h1,3-4,7,10,14H,2,5-6H2. The molecule has 1 saturated carbocycles. The average molecular weight is 198 g/mol. The molecule has 0 bridgehead atoms. The predicted octanol–water partition coefficient (Wildman–Crippen LogP) is 3.00. The molecule has 2 rings (SSSR count). The van der Waals surface area contributed by atoms with Gasteiger partial charge in [-0.15, -0.1) is 0 Å². The van der Waals surface area contributed by atoms with Crippen molar-refractivity contribution in [1.82, 2.24) is 0 Å². The molecule has 1 fully saturated rings. The molecule has 0 saturated heterocycles. The van der Waals surface area contributed by atoms with Crippen LogP contribution in [-0.4, -0.2) is 5.11 Å². The summed E-state index contributed by atoms with van der Waals surface area (Å²) in [5.74, 6) is 0. The maximum absolute atomic E-state index is 12.4. The highest BCUT2D eigenvalue weighted by Gasteiger charge is 2.36. The van der Waals surface area contributed by atoms with Gasteiger partial charge in [0.1, 0.15) is 0 Å². The van der Waals surface area contributed by atoms with Gasteiger partial charge >= 0.3 is 0 Å². The summed E-state index contributed by atoms with van der Waals surface area (Å²) in [4.78, 5) is 0. The number of halogens is 2. The Morgan fingerprint density at radius 1 is 1.29 bits per heavy atom. The van der Waals surface area contributed by atoms with Crippen LogP contribution in [0, 0.1) is 0 Å². The molecule has 0 atom stereocenters. The highest BCUT2D eigenvalue weighted by molar-refractivity contribution is 5.30. The SMILES string of the molecule is OC1(c2cccc(C(F)F)c2)CCC1. The fraction of sp³-hybridized carbons (Fsp3) is 0.455. The Bertz CT molecular complexity index is 332. The van der Waals surface area contributed by atoms with Crippen LogP contribution in [-0.2, 0) is 5.60 Å². The van der Waals surface area contributed by atoms with Crippen LogP contribution in [0.25, 0.3) is 0 Å². The summed E-state index contributed by atoms with van der Waals surface area (Å²) in [5, 5.41) is 9.94. The molecule has 0 heterocycles. The van der Waals surface area contributed by atoms with E-state index in [2.05, 4.69) is 0 Å². The van der Waals surface area contributed by atoms with E-state index in [1.54, 1.807) is 12.1 Å². The summed E-state index contributed by atoms with van der Waals surface area (Å²) in [6.45, 7) is 0. The highest BCUT2D eigenvalue weighted by Crippen LogP contribution is 2.41. The second-order valence-corrected chi connectivity index (χ2v) is 3.81. The zero-order valence-corrected chi connectivity index (χ0v) is 7.71. The summed E-state index contributed by atoms with van der Waals surface area (Å²) in [6.07, 6.45) is -0.131. The molecule has 1 nitrogen and oxygen atoms in total. The molecule has 0 spiro atoms. The normalized spacial score (nSPS) is 19.4. The Morgan fingerprint density at radius 3 is 2.50 bits per heavy atom. The van der Waals surface area contributed by atoms with E-state index in [-0.39, 0.29) is 5.56 Å². The molecule has 1 aliphatic carbocycles. The zero-order valence-electron chi connectivity index (χ0n) is 7.71. The largest absolute Gasteiger partial charge is 0.385 e. The van der Waals surface area contributed by atoms with Gasteiger partial charge in [-0.05, 0) is 30.9 Å². The molecule has 0 radical (unpaired) electrons. The Hall–Kier alpha value is -0.960. The monoisotopic (exact) mass is 198 g/mol. The number of hydrogen-bond donors (Lipinski definition) is 1. The van der Waals surface area contributed by atoms with E-state index in [4.69, 9.17) is 0 Å². The van der Waals surface area contributed by atoms with E-state index in [0.29, 0.717) is 18.4 Å². The molecule has 0 amide bonds. The van der Waals surface area contributed by atoms with Gasteiger partial charge in [0, 0.05) is 5.56 Å². The maximum atomic E-state index is 12.4.